The SMILES string of the molecule is COc1ccc2ncc(Cl)c([C@@H](O)CC[C@@H]3CCN(CC#Cc4ccc(F)s4)C[C@@H]3CC(=O)O)c2c1. The van der Waals surface area contributed by atoms with Crippen LogP contribution in [0.3, 0.4) is 0 Å². The molecule has 3 heterocycles. The Balaban J connectivity index is 1.42. The zero-order chi connectivity index (χ0) is 25.7. The van der Waals surface area contributed by atoms with Gasteiger partial charge in [-0.15, -0.1) is 0 Å². The van der Waals surface area contributed by atoms with Crippen LogP contribution in [0.15, 0.2) is 36.5 Å². The number of halogens is 2. The summed E-state index contributed by atoms with van der Waals surface area (Å²) in [6.07, 6.45) is 2.76. The van der Waals surface area contributed by atoms with Crippen LogP contribution in [0.2, 0.25) is 5.02 Å². The summed E-state index contributed by atoms with van der Waals surface area (Å²) in [6.45, 7) is 1.92. The highest BCUT2D eigenvalue weighted by atomic mass is 35.5. The molecule has 190 valence electrons. The molecule has 4 rings (SSSR count). The van der Waals surface area contributed by atoms with Gasteiger partial charge >= 0.3 is 5.97 Å². The first-order valence-electron chi connectivity index (χ1n) is 11.8. The van der Waals surface area contributed by atoms with Crippen LogP contribution in [0.1, 0.15) is 42.2 Å². The highest BCUT2D eigenvalue weighted by Crippen LogP contribution is 2.37. The lowest BCUT2D eigenvalue weighted by Gasteiger charge is -2.37. The second-order valence-corrected chi connectivity index (χ2v) is 10.5. The highest BCUT2D eigenvalue weighted by Gasteiger charge is 2.31. The monoisotopic (exact) mass is 530 g/mol. The average molecular weight is 531 g/mol. The predicted octanol–water partition coefficient (Wildman–Crippen LogP) is 5.38. The number of carboxylic acid groups (broad SMARTS) is 1. The fourth-order valence-corrected chi connectivity index (χ4v) is 5.79. The number of aliphatic hydroxyl groups is 1. The number of aromatic nitrogens is 1. The normalized spacial score (nSPS) is 19.0. The minimum atomic E-state index is -0.831. The van der Waals surface area contributed by atoms with Crippen molar-refractivity contribution in [1.82, 2.24) is 9.88 Å². The van der Waals surface area contributed by atoms with E-state index in [2.05, 4.69) is 21.7 Å². The molecule has 6 nitrogen and oxygen atoms in total. The van der Waals surface area contributed by atoms with Gasteiger partial charge in [-0.3, -0.25) is 14.7 Å². The molecule has 0 spiro atoms. The number of piperidine rings is 1. The Bertz CT molecular complexity index is 1290. The highest BCUT2D eigenvalue weighted by molar-refractivity contribution is 7.10. The van der Waals surface area contributed by atoms with Gasteiger partial charge in [-0.25, -0.2) is 0 Å². The summed E-state index contributed by atoms with van der Waals surface area (Å²) < 4.78 is 18.5. The van der Waals surface area contributed by atoms with E-state index < -0.39 is 12.1 Å². The van der Waals surface area contributed by atoms with Crippen LogP contribution in [0.25, 0.3) is 10.9 Å². The number of rotatable bonds is 8. The van der Waals surface area contributed by atoms with E-state index in [1.807, 2.05) is 18.2 Å². The van der Waals surface area contributed by atoms with Crippen molar-refractivity contribution >= 4 is 39.8 Å². The number of hydrogen-bond donors (Lipinski definition) is 2. The van der Waals surface area contributed by atoms with Crippen molar-refractivity contribution in [3.05, 3.63) is 57.1 Å². The standard InChI is InChI=1S/C27H28ClFN2O4S/c1-35-19-5-7-23-21(14-19)27(22(28)15-30-23)24(32)8-4-17-10-12-31(16-18(17)13-26(33)34)11-2-3-20-6-9-25(29)36-20/h5-7,9,14-15,17-18,24,32H,4,8,10-13,16H2,1H3,(H,33,34)/t17-,18+,24+/m1/s1. The first-order valence-corrected chi connectivity index (χ1v) is 13.0. The van der Waals surface area contributed by atoms with E-state index in [-0.39, 0.29) is 23.4 Å². The van der Waals surface area contributed by atoms with Crippen molar-refractivity contribution in [2.24, 2.45) is 11.8 Å². The van der Waals surface area contributed by atoms with Crippen molar-refractivity contribution in [3.8, 4) is 17.6 Å². The lowest BCUT2D eigenvalue weighted by atomic mass is 9.79. The molecule has 1 aliphatic heterocycles. The summed E-state index contributed by atoms with van der Waals surface area (Å²) in [5, 5.41) is 21.5. The van der Waals surface area contributed by atoms with Gasteiger partial charge in [0.15, 0.2) is 5.13 Å². The van der Waals surface area contributed by atoms with Crippen molar-refractivity contribution in [3.63, 3.8) is 0 Å². The number of likely N-dealkylation sites (tertiary alicyclic amines) is 1. The van der Waals surface area contributed by atoms with Crippen LogP contribution in [-0.4, -0.2) is 52.8 Å². The average Bonchev–Trinajstić information content (AvgIpc) is 3.27. The number of pyridine rings is 1. The topological polar surface area (TPSA) is 82.9 Å². The lowest BCUT2D eigenvalue weighted by molar-refractivity contribution is -0.139. The minimum Gasteiger partial charge on any atom is -0.497 e. The van der Waals surface area contributed by atoms with Crippen molar-refractivity contribution < 1.29 is 24.1 Å². The summed E-state index contributed by atoms with van der Waals surface area (Å²) >= 11 is 7.46. The largest absolute Gasteiger partial charge is 0.497 e. The number of ether oxygens (including phenoxy) is 1. The van der Waals surface area contributed by atoms with Crippen LogP contribution in [0.5, 0.6) is 5.75 Å². The quantitative estimate of drug-likeness (QED) is 0.381. The molecule has 0 saturated carbocycles. The third-order valence-electron chi connectivity index (χ3n) is 6.71. The van der Waals surface area contributed by atoms with Crippen LogP contribution in [-0.2, 0) is 4.79 Å². The van der Waals surface area contributed by atoms with E-state index in [9.17, 15) is 19.4 Å². The number of thiophene rings is 1. The Hall–Kier alpha value is -2.70. The second-order valence-electron chi connectivity index (χ2n) is 9.04. The fraction of sp³-hybridized carbons (Fsp3) is 0.407. The van der Waals surface area contributed by atoms with Gasteiger partial charge in [0.05, 0.1) is 35.2 Å². The zero-order valence-corrected chi connectivity index (χ0v) is 21.5. The Morgan fingerprint density at radius 3 is 2.92 bits per heavy atom. The summed E-state index contributed by atoms with van der Waals surface area (Å²) in [7, 11) is 1.58. The van der Waals surface area contributed by atoms with E-state index in [4.69, 9.17) is 16.3 Å². The molecule has 3 aromatic rings. The van der Waals surface area contributed by atoms with E-state index >= 15 is 0 Å². The van der Waals surface area contributed by atoms with Crippen molar-refractivity contribution in [2.45, 2.75) is 31.8 Å². The van der Waals surface area contributed by atoms with Gasteiger partial charge in [0.1, 0.15) is 5.75 Å². The molecular formula is C27H28ClFN2O4S. The molecular weight excluding hydrogens is 503 g/mol. The molecule has 0 amide bonds. The summed E-state index contributed by atoms with van der Waals surface area (Å²) in [5.74, 6) is 5.99. The number of fused-ring (bicyclic) bond motifs is 1. The Labute approximate surface area is 218 Å². The van der Waals surface area contributed by atoms with Crippen LogP contribution in [0.4, 0.5) is 4.39 Å². The number of aliphatic carboxylic acids is 1. The van der Waals surface area contributed by atoms with E-state index in [0.29, 0.717) is 47.1 Å². The summed E-state index contributed by atoms with van der Waals surface area (Å²) in [5.41, 5.74) is 1.34. The second kappa shape index (κ2) is 12.0. The number of benzene rings is 1. The molecule has 0 bridgehead atoms. The van der Waals surface area contributed by atoms with Gasteiger partial charge in [0.25, 0.3) is 0 Å². The molecule has 2 aromatic heterocycles. The number of hydrogen-bond acceptors (Lipinski definition) is 6. The van der Waals surface area contributed by atoms with Crippen LogP contribution >= 0.6 is 22.9 Å². The summed E-state index contributed by atoms with van der Waals surface area (Å²) in [4.78, 5) is 18.7. The van der Waals surface area contributed by atoms with E-state index in [1.54, 1.807) is 19.4 Å². The molecule has 1 saturated heterocycles. The van der Waals surface area contributed by atoms with Crippen molar-refractivity contribution in [1.29, 1.82) is 0 Å². The minimum absolute atomic E-state index is 0.0471. The number of carboxylic acids is 1. The maximum absolute atomic E-state index is 13.1. The van der Waals surface area contributed by atoms with Crippen LogP contribution in [0, 0.1) is 28.8 Å². The Morgan fingerprint density at radius 1 is 1.36 bits per heavy atom. The van der Waals surface area contributed by atoms with Gasteiger partial charge in [-0.1, -0.05) is 34.8 Å². The predicted molar refractivity (Wildman–Crippen MR) is 139 cm³/mol. The van der Waals surface area contributed by atoms with Gasteiger partial charge in [-0.2, -0.15) is 4.39 Å². The molecule has 3 atom stereocenters. The molecule has 2 N–H and O–H groups in total. The van der Waals surface area contributed by atoms with Gasteiger partial charge < -0.3 is 14.9 Å². The first kappa shape index (κ1) is 26.4. The summed E-state index contributed by atoms with van der Waals surface area (Å²) in [6, 6.07) is 8.52. The van der Waals surface area contributed by atoms with Crippen molar-refractivity contribution in [2.75, 3.05) is 26.7 Å². The number of methoxy groups -OCH3 is 1. The fourth-order valence-electron chi connectivity index (χ4n) is 4.90. The molecule has 0 unspecified atom stereocenters. The van der Waals surface area contributed by atoms with E-state index in [1.165, 1.54) is 6.07 Å². The van der Waals surface area contributed by atoms with Gasteiger partial charge in [0, 0.05) is 30.1 Å². The van der Waals surface area contributed by atoms with Gasteiger partial charge in [-0.05, 0) is 68.0 Å². The number of carbonyl (C=O) groups is 1. The maximum atomic E-state index is 13.1. The number of aliphatic hydroxyl groups excluding tert-OH is 1. The molecule has 0 radical (unpaired) electrons. The molecule has 1 aliphatic rings. The molecule has 1 aromatic carbocycles. The Morgan fingerprint density at radius 2 is 2.19 bits per heavy atom. The lowest BCUT2D eigenvalue weighted by Crippen LogP contribution is -2.41. The molecule has 9 heteroatoms. The molecule has 36 heavy (non-hydrogen) atoms. The third-order valence-corrected chi connectivity index (χ3v) is 7.80. The number of nitrogens with zero attached hydrogens (tertiary/aromatic N) is 2. The van der Waals surface area contributed by atoms with Crippen LogP contribution < -0.4 is 4.74 Å². The smallest absolute Gasteiger partial charge is 0.303 e. The zero-order valence-electron chi connectivity index (χ0n) is 19.9. The molecule has 0 aliphatic carbocycles. The van der Waals surface area contributed by atoms with Gasteiger partial charge in [0.2, 0.25) is 0 Å². The Kier molecular flexibility index (Phi) is 8.81. The van der Waals surface area contributed by atoms with E-state index in [0.717, 1.165) is 35.2 Å². The maximum Gasteiger partial charge on any atom is 0.303 e. The third kappa shape index (κ3) is 6.54. The molecule has 1 fully saturated rings. The first-order chi connectivity index (χ1) is 17.3.